The normalized spacial score (nSPS) is 16.8. The molecule has 1 aliphatic rings. The molecule has 1 fully saturated rings. The summed E-state index contributed by atoms with van der Waals surface area (Å²) in [5.74, 6) is -0.0583. The second-order valence-corrected chi connectivity index (χ2v) is 6.55. The second-order valence-electron chi connectivity index (χ2n) is 6.55. The molecule has 1 aliphatic heterocycles. The molecule has 1 amide bonds. The number of methoxy groups -OCH3 is 1. The molecule has 2 heterocycles. The summed E-state index contributed by atoms with van der Waals surface area (Å²) in [5.41, 5.74) is 1.11. The third-order valence-corrected chi connectivity index (χ3v) is 4.63. The van der Waals surface area contributed by atoms with Crippen molar-refractivity contribution in [3.63, 3.8) is 0 Å². The number of hydrogen-bond acceptors (Lipinski definition) is 5. The Morgan fingerprint density at radius 1 is 1.39 bits per heavy atom. The maximum Gasteiger partial charge on any atom is 0.387 e. The van der Waals surface area contributed by atoms with Crippen LogP contribution in [0.3, 0.4) is 0 Å². The van der Waals surface area contributed by atoms with E-state index in [1.807, 2.05) is 10.9 Å². The maximum atomic E-state index is 12.5. The van der Waals surface area contributed by atoms with Gasteiger partial charge in [0.1, 0.15) is 5.69 Å². The van der Waals surface area contributed by atoms with Crippen LogP contribution in [0.25, 0.3) is 0 Å². The van der Waals surface area contributed by atoms with Crippen molar-refractivity contribution in [2.24, 2.45) is 0 Å². The highest BCUT2D eigenvalue weighted by Crippen LogP contribution is 2.29. The molecule has 1 unspecified atom stereocenters. The van der Waals surface area contributed by atoms with Crippen molar-refractivity contribution in [3.05, 3.63) is 41.7 Å². The van der Waals surface area contributed by atoms with Crippen LogP contribution in [0.1, 0.15) is 34.9 Å². The molecule has 0 bridgehead atoms. The van der Waals surface area contributed by atoms with Crippen LogP contribution in [0.4, 0.5) is 8.78 Å². The van der Waals surface area contributed by atoms with Crippen molar-refractivity contribution in [2.45, 2.75) is 31.9 Å². The minimum atomic E-state index is -2.93. The second kappa shape index (κ2) is 9.50. The zero-order valence-electron chi connectivity index (χ0n) is 15.7. The standard InChI is InChI=1S/C19H24F2N4O3/c1-27-16-5-4-13(11-17(16)28-19(20)21)6-9-23-18(26)15-7-10-25(24-15)14-3-2-8-22-12-14/h4-5,7,10-11,14,19,22H,2-3,6,8-9,12H2,1H3,(H,23,26). The van der Waals surface area contributed by atoms with E-state index in [-0.39, 0.29) is 23.4 Å². The number of hydrogen-bond donors (Lipinski definition) is 2. The Hall–Kier alpha value is -2.68. The van der Waals surface area contributed by atoms with Gasteiger partial charge >= 0.3 is 6.61 Å². The quantitative estimate of drug-likeness (QED) is 0.719. The number of ether oxygens (including phenoxy) is 2. The van der Waals surface area contributed by atoms with Crippen LogP contribution in [0.5, 0.6) is 11.5 Å². The van der Waals surface area contributed by atoms with E-state index in [1.165, 1.54) is 13.2 Å². The molecule has 1 atom stereocenters. The minimum absolute atomic E-state index is 0.0267. The molecule has 2 N–H and O–H groups in total. The van der Waals surface area contributed by atoms with E-state index < -0.39 is 6.61 Å². The van der Waals surface area contributed by atoms with E-state index in [9.17, 15) is 13.6 Å². The fourth-order valence-corrected chi connectivity index (χ4v) is 3.20. The topological polar surface area (TPSA) is 77.4 Å². The van der Waals surface area contributed by atoms with Gasteiger partial charge in [0.15, 0.2) is 11.5 Å². The van der Waals surface area contributed by atoms with Gasteiger partial charge in [-0.1, -0.05) is 6.07 Å². The van der Waals surface area contributed by atoms with Gasteiger partial charge in [0.05, 0.1) is 13.2 Å². The summed E-state index contributed by atoms with van der Waals surface area (Å²) in [6.45, 7) is -0.723. The summed E-state index contributed by atoms with van der Waals surface area (Å²) in [6, 6.07) is 6.76. The average Bonchev–Trinajstić information content (AvgIpc) is 3.19. The van der Waals surface area contributed by atoms with Crippen LogP contribution >= 0.6 is 0 Å². The van der Waals surface area contributed by atoms with Crippen LogP contribution < -0.4 is 20.1 Å². The lowest BCUT2D eigenvalue weighted by atomic mass is 10.1. The summed E-state index contributed by atoms with van der Waals surface area (Å²) in [4.78, 5) is 12.3. The number of nitrogens with one attached hydrogen (secondary N) is 2. The third-order valence-electron chi connectivity index (χ3n) is 4.63. The van der Waals surface area contributed by atoms with Gasteiger partial charge in [0.2, 0.25) is 0 Å². The van der Waals surface area contributed by atoms with Crippen molar-refractivity contribution in [1.29, 1.82) is 0 Å². The van der Waals surface area contributed by atoms with Gasteiger partial charge in [0.25, 0.3) is 5.91 Å². The Morgan fingerprint density at radius 3 is 2.96 bits per heavy atom. The lowest BCUT2D eigenvalue weighted by Gasteiger charge is -2.22. The van der Waals surface area contributed by atoms with Crippen LogP contribution in [0, 0.1) is 0 Å². The first kappa shape index (κ1) is 20.1. The molecule has 9 heteroatoms. The van der Waals surface area contributed by atoms with Gasteiger partial charge in [-0.3, -0.25) is 9.48 Å². The number of alkyl halides is 2. The Kier molecular flexibility index (Phi) is 6.80. The highest BCUT2D eigenvalue weighted by molar-refractivity contribution is 5.92. The summed E-state index contributed by atoms with van der Waals surface area (Å²) < 4.78 is 36.3. The van der Waals surface area contributed by atoms with Crippen molar-refractivity contribution >= 4 is 5.91 Å². The zero-order chi connectivity index (χ0) is 19.9. The number of nitrogens with zero attached hydrogens (tertiary/aromatic N) is 2. The number of aromatic nitrogens is 2. The molecule has 0 aliphatic carbocycles. The predicted octanol–water partition coefficient (Wildman–Crippen LogP) is 2.39. The Labute approximate surface area is 162 Å². The Morgan fingerprint density at radius 2 is 2.25 bits per heavy atom. The third kappa shape index (κ3) is 5.19. The summed E-state index contributed by atoms with van der Waals surface area (Å²) in [5, 5.41) is 10.5. The number of piperidine rings is 1. The van der Waals surface area contributed by atoms with Gasteiger partial charge < -0.3 is 20.1 Å². The first-order valence-electron chi connectivity index (χ1n) is 9.22. The van der Waals surface area contributed by atoms with Crippen molar-refractivity contribution < 1.29 is 23.0 Å². The Balaban J connectivity index is 1.53. The van der Waals surface area contributed by atoms with Crippen LogP contribution in [0.15, 0.2) is 30.5 Å². The minimum Gasteiger partial charge on any atom is -0.493 e. The van der Waals surface area contributed by atoms with Gasteiger partial charge in [-0.25, -0.2) is 0 Å². The van der Waals surface area contributed by atoms with Crippen LogP contribution in [-0.4, -0.2) is 49.0 Å². The van der Waals surface area contributed by atoms with Gasteiger partial charge in [-0.15, -0.1) is 0 Å². The van der Waals surface area contributed by atoms with E-state index in [1.54, 1.807) is 18.2 Å². The zero-order valence-corrected chi connectivity index (χ0v) is 15.7. The molecule has 152 valence electrons. The van der Waals surface area contributed by atoms with E-state index in [4.69, 9.17) is 4.74 Å². The molecule has 1 aromatic carbocycles. The van der Waals surface area contributed by atoms with E-state index in [0.29, 0.717) is 18.7 Å². The molecule has 28 heavy (non-hydrogen) atoms. The first-order valence-corrected chi connectivity index (χ1v) is 9.22. The molecular formula is C19H24F2N4O3. The van der Waals surface area contributed by atoms with Crippen molar-refractivity contribution in [1.82, 2.24) is 20.4 Å². The van der Waals surface area contributed by atoms with E-state index in [2.05, 4.69) is 20.5 Å². The molecule has 1 saturated heterocycles. The largest absolute Gasteiger partial charge is 0.493 e. The monoisotopic (exact) mass is 394 g/mol. The molecule has 0 radical (unpaired) electrons. The number of benzene rings is 1. The molecule has 7 nitrogen and oxygen atoms in total. The van der Waals surface area contributed by atoms with Crippen LogP contribution in [-0.2, 0) is 6.42 Å². The smallest absolute Gasteiger partial charge is 0.387 e. The predicted molar refractivity (Wildman–Crippen MR) is 99.0 cm³/mol. The Bertz CT molecular complexity index is 791. The molecule has 0 saturated carbocycles. The van der Waals surface area contributed by atoms with Crippen molar-refractivity contribution in [2.75, 3.05) is 26.7 Å². The fourth-order valence-electron chi connectivity index (χ4n) is 3.20. The van der Waals surface area contributed by atoms with Gasteiger partial charge in [-0.05, 0) is 49.6 Å². The van der Waals surface area contributed by atoms with E-state index in [0.717, 1.165) is 31.5 Å². The number of carbonyl (C=O) groups excluding carboxylic acids is 1. The number of halogens is 2. The number of rotatable bonds is 8. The van der Waals surface area contributed by atoms with E-state index >= 15 is 0 Å². The number of carbonyl (C=O) groups is 1. The van der Waals surface area contributed by atoms with Crippen LogP contribution in [0.2, 0.25) is 0 Å². The molecule has 3 rings (SSSR count). The average molecular weight is 394 g/mol. The van der Waals surface area contributed by atoms with Gasteiger partial charge in [0, 0.05) is 19.3 Å². The lowest BCUT2D eigenvalue weighted by Crippen LogP contribution is -2.32. The summed E-state index contributed by atoms with van der Waals surface area (Å²) >= 11 is 0. The molecule has 2 aromatic rings. The first-order chi connectivity index (χ1) is 13.6. The molecule has 1 aromatic heterocycles. The maximum absolute atomic E-state index is 12.5. The van der Waals surface area contributed by atoms with Gasteiger partial charge in [-0.2, -0.15) is 13.9 Å². The summed E-state index contributed by atoms with van der Waals surface area (Å²) in [6.07, 6.45) is 4.41. The number of amides is 1. The molecular weight excluding hydrogens is 370 g/mol. The highest BCUT2D eigenvalue weighted by atomic mass is 19.3. The lowest BCUT2D eigenvalue weighted by molar-refractivity contribution is -0.0512. The highest BCUT2D eigenvalue weighted by Gasteiger charge is 2.17. The molecule has 0 spiro atoms. The summed E-state index contributed by atoms with van der Waals surface area (Å²) in [7, 11) is 1.38. The SMILES string of the molecule is COc1ccc(CCNC(=O)c2ccn(C3CCCNC3)n2)cc1OC(F)F. The fraction of sp³-hybridized carbons (Fsp3) is 0.474. The van der Waals surface area contributed by atoms with Crippen molar-refractivity contribution in [3.8, 4) is 11.5 Å².